The molecule has 448 valence electrons. The number of nitrogens with one attached hydrogen (secondary N) is 1. The molecule has 0 saturated carbocycles. The van der Waals surface area contributed by atoms with Crippen LogP contribution in [0.3, 0.4) is 0 Å². The molecule has 0 spiro atoms. The number of halogens is 1. The van der Waals surface area contributed by atoms with Crippen molar-refractivity contribution in [1.82, 2.24) is 45.1 Å². The van der Waals surface area contributed by atoms with E-state index in [1.807, 2.05) is 80.6 Å². The average molecular weight is 1180 g/mol. The normalized spacial score (nSPS) is 21.9. The summed E-state index contributed by atoms with van der Waals surface area (Å²) in [5.41, 5.74) is 6.19. The summed E-state index contributed by atoms with van der Waals surface area (Å²) in [7, 11) is 0. The molecule has 0 bridgehead atoms. The minimum Gasteiger partial charge on any atom is -0.508 e. The zero-order chi connectivity index (χ0) is 59.1. The van der Waals surface area contributed by atoms with Crippen LogP contribution in [0.15, 0.2) is 76.9 Å². The van der Waals surface area contributed by atoms with E-state index in [-0.39, 0.29) is 84.0 Å². The molecule has 0 unspecified atom stereocenters. The van der Waals surface area contributed by atoms with E-state index in [2.05, 4.69) is 32.2 Å². The van der Waals surface area contributed by atoms with E-state index in [0.29, 0.717) is 61.1 Å². The molecule has 3 aromatic carbocycles. The summed E-state index contributed by atoms with van der Waals surface area (Å²) in [5, 5.41) is 31.3. The van der Waals surface area contributed by atoms with E-state index in [9.17, 15) is 24.6 Å². The molecule has 7 aromatic rings. The molecule has 19 nitrogen and oxygen atoms in total. The number of likely N-dealkylation sites (tertiary alicyclic amines) is 1. The number of phenols is 1. The molecular formula is C64H76FN11O8S. The molecule has 5 aliphatic rings. The molecule has 9 heterocycles. The lowest BCUT2D eigenvalue weighted by molar-refractivity contribution is -0.141. The zero-order valence-corrected chi connectivity index (χ0v) is 50.0. The highest BCUT2D eigenvalue weighted by Gasteiger charge is 2.51. The van der Waals surface area contributed by atoms with Gasteiger partial charge < -0.3 is 49.1 Å². The van der Waals surface area contributed by atoms with Crippen molar-refractivity contribution in [3.8, 4) is 33.5 Å². The lowest BCUT2D eigenvalue weighted by Gasteiger charge is -2.36. The highest BCUT2D eigenvalue weighted by molar-refractivity contribution is 7.13. The van der Waals surface area contributed by atoms with Crippen LogP contribution >= 0.6 is 11.3 Å². The molecule has 5 saturated heterocycles. The molecule has 3 amide bonds. The Morgan fingerprint density at radius 3 is 2.45 bits per heavy atom. The number of rotatable bonds is 16. The number of fused-ring (bicyclic) bond motifs is 3. The summed E-state index contributed by atoms with van der Waals surface area (Å²) in [6, 6.07) is 17.8. The largest absolute Gasteiger partial charge is 0.508 e. The number of ether oxygens (including phenoxy) is 2. The summed E-state index contributed by atoms with van der Waals surface area (Å²) < 4.78 is 35.9. The van der Waals surface area contributed by atoms with Gasteiger partial charge >= 0.3 is 12.1 Å². The average Bonchev–Trinajstić information content (AvgIpc) is 2.80. The van der Waals surface area contributed by atoms with E-state index in [1.165, 1.54) is 4.90 Å². The molecule has 12 rings (SSSR count). The van der Waals surface area contributed by atoms with E-state index < -0.39 is 23.9 Å². The fourth-order valence-corrected chi connectivity index (χ4v) is 14.6. The molecular weight excluding hydrogens is 1100 g/mol. The summed E-state index contributed by atoms with van der Waals surface area (Å²) in [6.07, 6.45) is 8.95. The third-order valence-corrected chi connectivity index (χ3v) is 19.4. The molecule has 21 heteroatoms. The van der Waals surface area contributed by atoms with E-state index in [1.54, 1.807) is 40.6 Å². The van der Waals surface area contributed by atoms with Crippen molar-refractivity contribution in [3.05, 3.63) is 101 Å². The topological polar surface area (TPSA) is 216 Å². The molecule has 4 aromatic heterocycles. The maximum Gasteiger partial charge on any atom is 0.409 e. The van der Waals surface area contributed by atoms with Gasteiger partial charge in [-0.2, -0.15) is 9.97 Å². The number of anilines is 2. The van der Waals surface area contributed by atoms with Gasteiger partial charge in [0.2, 0.25) is 11.8 Å². The van der Waals surface area contributed by atoms with E-state index >= 15 is 4.39 Å². The highest BCUT2D eigenvalue weighted by atomic mass is 32.1. The molecule has 0 aliphatic carbocycles. The molecule has 5 fully saturated rings. The third kappa shape index (κ3) is 11.6. The van der Waals surface area contributed by atoms with Crippen LogP contribution in [0.4, 0.5) is 20.8 Å². The lowest BCUT2D eigenvalue weighted by Crippen LogP contribution is -2.50. The third-order valence-electron chi connectivity index (χ3n) is 18.4. The lowest BCUT2D eigenvalue weighted by atomic mass is 9.91. The van der Waals surface area contributed by atoms with E-state index in [4.69, 9.17) is 28.9 Å². The Balaban J connectivity index is 0.665. The number of aromatic hydroxyl groups is 1. The first-order valence-electron chi connectivity index (χ1n) is 30.3. The van der Waals surface area contributed by atoms with Crippen molar-refractivity contribution < 1.29 is 43.0 Å². The molecule has 3 N–H and O–H groups in total. The number of thiazole rings is 1. The van der Waals surface area contributed by atoms with Crippen LogP contribution in [0.1, 0.15) is 120 Å². The first-order chi connectivity index (χ1) is 41.2. The van der Waals surface area contributed by atoms with Gasteiger partial charge in [0, 0.05) is 76.1 Å². The van der Waals surface area contributed by atoms with Gasteiger partial charge in [-0.25, -0.2) is 14.2 Å². The number of carbonyl (C=O) groups is 3. The van der Waals surface area contributed by atoms with E-state index in [0.717, 1.165) is 115 Å². The van der Waals surface area contributed by atoms with Gasteiger partial charge in [0.05, 0.1) is 39.2 Å². The summed E-state index contributed by atoms with van der Waals surface area (Å²) in [5.74, 6) is -0.660. The Morgan fingerprint density at radius 2 is 1.71 bits per heavy atom. The van der Waals surface area contributed by atoms with Crippen LogP contribution in [-0.2, 0) is 20.7 Å². The fraction of sp³-hybridized carbons (Fsp3) is 0.500. The SMILES string of the molecule is CCc1cccc2cc(O)cc(-c3ncc4c(N5CCCCCC5)nc(OC[C@@]56CCCN5[C@H](COC(=O)N5CCN(c7cc([C@@H](C(=O)N8C[C@H](O)C[C@H]8C(=O)N[C@@H](C)c8ccc(-c9scnc9C)cc8)C(C)C)on7)CC5)CC6)nc4c3F)c12. The summed E-state index contributed by atoms with van der Waals surface area (Å²) >= 11 is 1.58. The number of β-amino-alcohol motifs (C(OH)–C–C–N with tert-alkyl or cyclic N) is 1. The Hall–Kier alpha value is -7.49. The zero-order valence-electron chi connectivity index (χ0n) is 49.1. The van der Waals surface area contributed by atoms with Gasteiger partial charge in [-0.1, -0.05) is 81.2 Å². The number of aliphatic hydroxyl groups is 1. The van der Waals surface area contributed by atoms with Gasteiger partial charge in [-0.15, -0.1) is 11.3 Å². The number of piperazine rings is 1. The van der Waals surface area contributed by atoms with Crippen molar-refractivity contribution in [3.63, 3.8) is 0 Å². The van der Waals surface area contributed by atoms with Gasteiger partial charge in [-0.3, -0.25) is 19.5 Å². The van der Waals surface area contributed by atoms with Gasteiger partial charge in [0.15, 0.2) is 17.4 Å². The van der Waals surface area contributed by atoms with Crippen molar-refractivity contribution in [2.45, 2.75) is 135 Å². The van der Waals surface area contributed by atoms with Gasteiger partial charge in [-0.05, 0) is 111 Å². The van der Waals surface area contributed by atoms with Crippen LogP contribution in [0.5, 0.6) is 11.8 Å². The van der Waals surface area contributed by atoms with Crippen LogP contribution in [-0.4, -0.2) is 157 Å². The minimum absolute atomic E-state index is 0.0115. The number of amides is 3. The van der Waals surface area contributed by atoms with Crippen LogP contribution in [0.2, 0.25) is 0 Å². The smallest absolute Gasteiger partial charge is 0.409 e. The summed E-state index contributed by atoms with van der Waals surface area (Å²) in [4.78, 5) is 71.9. The second kappa shape index (κ2) is 24.5. The summed E-state index contributed by atoms with van der Waals surface area (Å²) in [6.45, 7) is 14.4. The Bertz CT molecular complexity index is 3580. The molecule has 5 aliphatic heterocycles. The number of aliphatic hydroxyl groups excluding tert-OH is 1. The van der Waals surface area contributed by atoms with Crippen molar-refractivity contribution in [2.24, 2.45) is 5.92 Å². The number of phenolic OH excluding ortho intramolecular Hbond substituents is 1. The maximum atomic E-state index is 17.3. The van der Waals surface area contributed by atoms with Crippen LogP contribution in [0, 0.1) is 18.7 Å². The number of hydrogen-bond acceptors (Lipinski definition) is 17. The first kappa shape index (κ1) is 57.9. The molecule has 85 heavy (non-hydrogen) atoms. The number of hydrogen-bond donors (Lipinski definition) is 3. The number of benzene rings is 3. The first-order valence-corrected chi connectivity index (χ1v) is 31.2. The highest BCUT2D eigenvalue weighted by Crippen LogP contribution is 2.44. The standard InChI is InChI=1S/C64H76FN11O8S/c1-6-41-13-11-14-44-29-46(77)30-48(54(41)44)56-55(65)57-49(33-66-56)59(73-22-9-7-8-10-23-73)70-62(69-57)83-36-64-20-12-24-76(64)45(19-21-64)35-82-63(81)74-27-25-72(26-28-74)52-32-51(84-71-52)53(38(2)3)61(80)75-34-47(78)31-50(75)60(79)68-39(4)42-15-17-43(18-16-42)58-40(5)67-37-85-58/h11,13-18,29-30,32-33,37-39,45,47,50,53,77-78H,6-10,12,19-28,31,34-36H2,1-5H3,(H,68,79)/t39-,45-,47+,50-,53-,64-/m0/s1. The quantitative estimate of drug-likeness (QED) is 0.0820. The predicted molar refractivity (Wildman–Crippen MR) is 323 cm³/mol. The molecule has 0 radical (unpaired) electrons. The van der Waals surface area contributed by atoms with Crippen molar-refractivity contribution in [2.75, 3.05) is 75.4 Å². The van der Waals surface area contributed by atoms with Crippen molar-refractivity contribution >= 4 is 62.6 Å². The maximum absolute atomic E-state index is 17.3. The Labute approximate surface area is 498 Å². The monoisotopic (exact) mass is 1180 g/mol. The Kier molecular flexibility index (Phi) is 16.7. The Morgan fingerprint density at radius 1 is 0.918 bits per heavy atom. The number of aryl methyl sites for hydroxylation is 2. The number of aromatic nitrogens is 5. The van der Waals surface area contributed by atoms with Gasteiger partial charge in [0.25, 0.3) is 0 Å². The van der Waals surface area contributed by atoms with Crippen LogP contribution < -0.4 is 19.9 Å². The fourth-order valence-electron chi connectivity index (χ4n) is 13.8. The predicted octanol–water partition coefficient (Wildman–Crippen LogP) is 9.97. The number of carbonyl (C=O) groups excluding carboxylic acids is 3. The van der Waals surface area contributed by atoms with Gasteiger partial charge in [0.1, 0.15) is 48.0 Å². The second-order valence-electron chi connectivity index (χ2n) is 24.2. The molecule has 6 atom stereocenters. The van der Waals surface area contributed by atoms with Crippen molar-refractivity contribution in [1.29, 1.82) is 0 Å². The second-order valence-corrected chi connectivity index (χ2v) is 25.0. The number of pyridine rings is 1. The van der Waals surface area contributed by atoms with Crippen LogP contribution in [0.25, 0.3) is 43.4 Å². The number of nitrogens with zero attached hydrogens (tertiary/aromatic N) is 10. The minimum atomic E-state index is -0.864.